The van der Waals surface area contributed by atoms with Gasteiger partial charge in [-0.1, -0.05) is 6.92 Å². The zero-order valence-corrected chi connectivity index (χ0v) is 10.7. The van der Waals surface area contributed by atoms with Crippen molar-refractivity contribution in [3.05, 3.63) is 0 Å². The molecule has 4 aliphatic rings. The summed E-state index contributed by atoms with van der Waals surface area (Å²) in [6.07, 6.45) is 3.09. The molecule has 2 atom stereocenters. The minimum absolute atomic E-state index is 0.103. The van der Waals surface area contributed by atoms with Crippen molar-refractivity contribution < 1.29 is 18.3 Å². The van der Waals surface area contributed by atoms with E-state index >= 15 is 0 Å². The normalized spacial score (nSPS) is 45.6. The molecular formula is C14H20F2O2. The average Bonchev–Trinajstić information content (AvgIpc) is 2.23. The molecule has 4 heteroatoms. The number of alkyl halides is 2. The number of carbonyl (C=O) groups is 1. The highest BCUT2D eigenvalue weighted by molar-refractivity contribution is 5.73. The van der Waals surface area contributed by atoms with Gasteiger partial charge in [0, 0.05) is 0 Å². The van der Waals surface area contributed by atoms with Crippen molar-refractivity contribution in [3.63, 3.8) is 0 Å². The lowest BCUT2D eigenvalue weighted by Crippen LogP contribution is -2.52. The zero-order chi connectivity index (χ0) is 12.9. The van der Waals surface area contributed by atoms with E-state index in [-0.39, 0.29) is 11.9 Å². The van der Waals surface area contributed by atoms with E-state index in [1.807, 2.05) is 0 Å². The Morgan fingerprint density at radius 2 is 1.89 bits per heavy atom. The molecule has 4 rings (SSSR count). The monoisotopic (exact) mass is 258 g/mol. The number of halogens is 2. The molecule has 0 aromatic rings. The van der Waals surface area contributed by atoms with E-state index in [2.05, 4.69) is 6.92 Å². The van der Waals surface area contributed by atoms with E-state index in [0.717, 1.165) is 31.6 Å². The van der Waals surface area contributed by atoms with Crippen LogP contribution in [0.2, 0.25) is 0 Å². The minimum Gasteiger partial charge on any atom is -0.459 e. The fourth-order valence-electron chi connectivity index (χ4n) is 5.06. The summed E-state index contributed by atoms with van der Waals surface area (Å²) in [7, 11) is 0. The first kappa shape index (κ1) is 12.4. The fourth-order valence-corrected chi connectivity index (χ4v) is 5.06. The van der Waals surface area contributed by atoms with E-state index in [1.54, 1.807) is 0 Å². The molecule has 18 heavy (non-hydrogen) atoms. The molecular weight excluding hydrogens is 238 g/mol. The summed E-state index contributed by atoms with van der Waals surface area (Å²) in [6, 6.07) is 0. The minimum atomic E-state index is -2.55. The predicted octanol–water partition coefficient (Wildman–Crippen LogP) is 3.26. The van der Waals surface area contributed by atoms with Crippen molar-refractivity contribution in [2.24, 2.45) is 29.1 Å². The van der Waals surface area contributed by atoms with Crippen molar-refractivity contribution >= 4 is 5.97 Å². The van der Waals surface area contributed by atoms with Gasteiger partial charge in [-0.2, -0.15) is 0 Å². The van der Waals surface area contributed by atoms with Crippen LogP contribution in [0.3, 0.4) is 0 Å². The molecule has 0 spiro atoms. The fraction of sp³-hybridized carbons (Fsp3) is 0.929. The maximum atomic E-state index is 12.1. The summed E-state index contributed by atoms with van der Waals surface area (Å²) in [5.74, 6) is 1.05. The van der Waals surface area contributed by atoms with Crippen molar-refractivity contribution in [2.45, 2.75) is 45.5 Å². The van der Waals surface area contributed by atoms with Gasteiger partial charge in [0.2, 0.25) is 0 Å². The van der Waals surface area contributed by atoms with Crippen LogP contribution >= 0.6 is 0 Å². The van der Waals surface area contributed by atoms with Crippen molar-refractivity contribution in [1.29, 1.82) is 0 Å². The Bertz CT molecular complexity index is 340. The van der Waals surface area contributed by atoms with E-state index in [1.165, 1.54) is 6.42 Å². The molecule has 0 saturated heterocycles. The van der Waals surface area contributed by atoms with Crippen molar-refractivity contribution in [1.82, 2.24) is 0 Å². The second-order valence-corrected chi connectivity index (χ2v) is 6.83. The molecule has 2 unspecified atom stereocenters. The molecule has 4 saturated carbocycles. The molecule has 2 nitrogen and oxygen atoms in total. The molecule has 0 aliphatic heterocycles. The first-order valence-corrected chi connectivity index (χ1v) is 6.92. The second kappa shape index (κ2) is 4.17. The third-order valence-corrected chi connectivity index (χ3v) is 5.20. The number of carbonyl (C=O) groups excluding carboxylic acids is 1. The van der Waals surface area contributed by atoms with Gasteiger partial charge in [0.25, 0.3) is 6.43 Å². The first-order chi connectivity index (χ1) is 8.47. The highest BCUT2D eigenvalue weighted by Crippen LogP contribution is 2.62. The molecule has 102 valence electrons. The van der Waals surface area contributed by atoms with Crippen LogP contribution < -0.4 is 0 Å². The van der Waals surface area contributed by atoms with E-state index < -0.39 is 13.0 Å². The van der Waals surface area contributed by atoms with Crippen LogP contribution in [0.15, 0.2) is 0 Å². The maximum absolute atomic E-state index is 12.1. The summed E-state index contributed by atoms with van der Waals surface area (Å²) in [6.45, 7) is 1.58. The number of rotatable bonds is 3. The summed E-state index contributed by atoms with van der Waals surface area (Å²) in [4.78, 5) is 12.0. The lowest BCUT2D eigenvalue weighted by atomic mass is 9.47. The first-order valence-electron chi connectivity index (χ1n) is 6.92. The summed E-state index contributed by atoms with van der Waals surface area (Å²) in [5, 5.41) is 0. The summed E-state index contributed by atoms with van der Waals surface area (Å²) >= 11 is 0. The van der Waals surface area contributed by atoms with Gasteiger partial charge < -0.3 is 4.74 Å². The molecule has 0 aromatic heterocycles. The highest BCUT2D eigenvalue weighted by atomic mass is 19.3. The number of hydrogen-bond donors (Lipinski definition) is 0. The van der Waals surface area contributed by atoms with E-state index in [0.29, 0.717) is 17.3 Å². The van der Waals surface area contributed by atoms with Crippen LogP contribution in [0.5, 0.6) is 0 Å². The van der Waals surface area contributed by atoms with Crippen molar-refractivity contribution in [2.75, 3.05) is 6.61 Å². The van der Waals surface area contributed by atoms with Crippen LogP contribution in [0.25, 0.3) is 0 Å². The predicted molar refractivity (Wildman–Crippen MR) is 62.1 cm³/mol. The quantitative estimate of drug-likeness (QED) is 0.726. The van der Waals surface area contributed by atoms with Gasteiger partial charge in [-0.15, -0.1) is 0 Å². The number of hydrogen-bond acceptors (Lipinski definition) is 2. The molecule has 0 heterocycles. The molecule has 0 amide bonds. The van der Waals surface area contributed by atoms with Crippen LogP contribution in [0.1, 0.15) is 39.0 Å². The summed E-state index contributed by atoms with van der Waals surface area (Å²) in [5.41, 5.74) is 0.399. The van der Waals surface area contributed by atoms with Crippen LogP contribution in [-0.2, 0) is 9.53 Å². The van der Waals surface area contributed by atoms with Crippen LogP contribution in [-0.4, -0.2) is 19.0 Å². The molecule has 0 aromatic carbocycles. The average molecular weight is 258 g/mol. The number of esters is 1. The third kappa shape index (κ3) is 2.04. The maximum Gasteiger partial charge on any atom is 0.309 e. The smallest absolute Gasteiger partial charge is 0.309 e. The Labute approximate surface area is 106 Å². The largest absolute Gasteiger partial charge is 0.459 e. The topological polar surface area (TPSA) is 26.3 Å². The lowest BCUT2D eigenvalue weighted by molar-refractivity contribution is -0.171. The third-order valence-electron chi connectivity index (χ3n) is 5.20. The lowest BCUT2D eigenvalue weighted by Gasteiger charge is -2.58. The van der Waals surface area contributed by atoms with Crippen LogP contribution in [0, 0.1) is 29.1 Å². The van der Waals surface area contributed by atoms with E-state index in [9.17, 15) is 13.6 Å². The Morgan fingerprint density at radius 1 is 1.28 bits per heavy atom. The zero-order valence-electron chi connectivity index (χ0n) is 10.7. The van der Waals surface area contributed by atoms with Gasteiger partial charge in [-0.3, -0.25) is 4.79 Å². The van der Waals surface area contributed by atoms with Gasteiger partial charge in [0.1, 0.15) is 0 Å². The second-order valence-electron chi connectivity index (χ2n) is 6.83. The number of ether oxygens (including phenoxy) is 1. The SMILES string of the molecule is CC12CC3CC(C1)C(C(=O)OCC(F)F)C(C3)C2. The molecule has 0 N–H and O–H groups in total. The Hall–Kier alpha value is -0.670. The van der Waals surface area contributed by atoms with Crippen molar-refractivity contribution in [3.8, 4) is 0 Å². The standard InChI is InChI=1S/C14H20F2O2/c1-14-4-8-2-9(5-14)12(10(3-8)6-14)13(17)18-7-11(15)16/h8-12H,2-7H2,1H3. The highest BCUT2D eigenvalue weighted by Gasteiger charge is 2.55. The van der Waals surface area contributed by atoms with Gasteiger partial charge in [0.05, 0.1) is 5.92 Å². The van der Waals surface area contributed by atoms with Gasteiger partial charge in [-0.05, 0) is 55.3 Å². The Kier molecular flexibility index (Phi) is 2.87. The van der Waals surface area contributed by atoms with Gasteiger partial charge >= 0.3 is 5.97 Å². The Balaban J connectivity index is 1.69. The Morgan fingerprint density at radius 3 is 2.39 bits per heavy atom. The molecule has 0 radical (unpaired) electrons. The molecule has 4 fully saturated rings. The van der Waals surface area contributed by atoms with Crippen LogP contribution in [0.4, 0.5) is 8.78 Å². The van der Waals surface area contributed by atoms with Gasteiger partial charge in [0.15, 0.2) is 6.61 Å². The van der Waals surface area contributed by atoms with Gasteiger partial charge in [-0.25, -0.2) is 8.78 Å². The molecule has 4 bridgehead atoms. The summed E-state index contributed by atoms with van der Waals surface area (Å²) < 4.78 is 29.0. The molecule has 4 aliphatic carbocycles. The van der Waals surface area contributed by atoms with E-state index in [4.69, 9.17) is 4.74 Å².